The summed E-state index contributed by atoms with van der Waals surface area (Å²) in [6, 6.07) is 7.72. The summed E-state index contributed by atoms with van der Waals surface area (Å²) >= 11 is 0. The Morgan fingerprint density at radius 1 is 1.02 bits per heavy atom. The third-order valence-corrected chi connectivity index (χ3v) is 8.93. The van der Waals surface area contributed by atoms with Gasteiger partial charge in [-0.05, 0) is 64.6 Å². The number of nitrogens with one attached hydrogen (secondary N) is 2. The Bertz CT molecular complexity index is 1130. The minimum atomic E-state index is -1.17. The molecule has 1 aliphatic carbocycles. The maximum absolute atomic E-state index is 13.7. The highest BCUT2D eigenvalue weighted by atomic mass is 16.3. The van der Waals surface area contributed by atoms with Gasteiger partial charge in [-0.3, -0.25) is 14.4 Å². The molecule has 0 radical (unpaired) electrons. The monoisotopic (exact) mass is 638 g/mol. The number of allylic oxidation sites excluding steroid dienone is 1. The molecule has 3 amide bonds. The number of hydrogen-bond acceptors (Lipinski definition) is 6. The molecule has 2 rings (SSSR count). The summed E-state index contributed by atoms with van der Waals surface area (Å²) in [4.78, 5) is 44.2. The SMILES string of the molecule is C#CC[C@H](NC(=O)C(CC(=O)N(C)CCN(C)C)Cc1ccccc1)C(=O)N[C@@H](CC1CCCCC1)[C@@H](O)[C@@H](O)CCCC(=C)C. The summed E-state index contributed by atoms with van der Waals surface area (Å²) in [6.45, 7) is 7.06. The van der Waals surface area contributed by atoms with Crippen LogP contribution in [0.3, 0.4) is 0 Å². The first-order valence-electron chi connectivity index (χ1n) is 16.9. The van der Waals surface area contributed by atoms with Gasteiger partial charge in [0.25, 0.3) is 0 Å². The number of carbonyl (C=O) groups is 3. The van der Waals surface area contributed by atoms with Crippen molar-refractivity contribution < 1.29 is 24.6 Å². The Hall–Kier alpha value is -3.19. The number of amides is 3. The fourth-order valence-electron chi connectivity index (χ4n) is 6.02. The van der Waals surface area contributed by atoms with Crippen molar-refractivity contribution in [1.82, 2.24) is 20.4 Å². The molecule has 9 nitrogen and oxygen atoms in total. The molecule has 1 aromatic carbocycles. The van der Waals surface area contributed by atoms with Gasteiger partial charge in [-0.2, -0.15) is 0 Å². The number of likely N-dealkylation sites (N-methyl/N-ethyl adjacent to an activating group) is 2. The van der Waals surface area contributed by atoms with Crippen LogP contribution in [0.1, 0.15) is 83.1 Å². The highest BCUT2D eigenvalue weighted by Crippen LogP contribution is 2.29. The van der Waals surface area contributed by atoms with E-state index in [4.69, 9.17) is 6.42 Å². The Morgan fingerprint density at radius 3 is 2.30 bits per heavy atom. The lowest BCUT2D eigenvalue weighted by molar-refractivity contribution is -0.136. The second-order valence-electron chi connectivity index (χ2n) is 13.4. The molecule has 1 aromatic rings. The third kappa shape index (κ3) is 14.5. The molecule has 5 atom stereocenters. The second-order valence-corrected chi connectivity index (χ2v) is 13.4. The Balaban J connectivity index is 2.20. The Labute approximate surface area is 277 Å². The molecule has 1 unspecified atom stereocenters. The number of aliphatic hydroxyl groups excluding tert-OH is 2. The summed E-state index contributed by atoms with van der Waals surface area (Å²) in [5.41, 5.74) is 1.91. The van der Waals surface area contributed by atoms with Gasteiger partial charge in [0.15, 0.2) is 0 Å². The zero-order valence-corrected chi connectivity index (χ0v) is 28.5. The molecule has 4 N–H and O–H groups in total. The van der Waals surface area contributed by atoms with Crippen molar-refractivity contribution in [3.8, 4) is 12.3 Å². The highest BCUT2D eigenvalue weighted by Gasteiger charge is 2.34. The van der Waals surface area contributed by atoms with Crippen LogP contribution in [-0.2, 0) is 20.8 Å². The van der Waals surface area contributed by atoms with Crippen LogP contribution in [0.4, 0.5) is 0 Å². The molecule has 256 valence electrons. The molecule has 0 aliphatic heterocycles. The smallest absolute Gasteiger partial charge is 0.243 e. The first kappa shape index (κ1) is 39.0. The van der Waals surface area contributed by atoms with Crippen molar-refractivity contribution in [1.29, 1.82) is 0 Å². The molecular formula is C37H58N4O5. The zero-order chi connectivity index (χ0) is 34.1. The van der Waals surface area contributed by atoms with E-state index in [0.29, 0.717) is 44.7 Å². The van der Waals surface area contributed by atoms with Gasteiger partial charge in [-0.25, -0.2) is 0 Å². The fourth-order valence-corrected chi connectivity index (χ4v) is 6.02. The van der Waals surface area contributed by atoms with Crippen LogP contribution in [0.25, 0.3) is 0 Å². The summed E-state index contributed by atoms with van der Waals surface area (Å²) in [6.07, 6.45) is 11.4. The minimum absolute atomic E-state index is 0.0194. The molecule has 0 heterocycles. The van der Waals surface area contributed by atoms with E-state index in [1.54, 1.807) is 11.9 Å². The van der Waals surface area contributed by atoms with E-state index in [-0.39, 0.29) is 18.7 Å². The maximum atomic E-state index is 13.7. The van der Waals surface area contributed by atoms with Gasteiger partial charge >= 0.3 is 0 Å². The van der Waals surface area contributed by atoms with Crippen molar-refractivity contribution in [2.45, 2.75) is 108 Å². The van der Waals surface area contributed by atoms with E-state index >= 15 is 0 Å². The van der Waals surface area contributed by atoms with E-state index in [1.165, 1.54) is 6.42 Å². The predicted molar refractivity (Wildman–Crippen MR) is 184 cm³/mol. The van der Waals surface area contributed by atoms with Crippen LogP contribution in [0, 0.1) is 24.2 Å². The summed E-state index contributed by atoms with van der Waals surface area (Å²) in [5, 5.41) is 27.9. The van der Waals surface area contributed by atoms with E-state index < -0.39 is 42.0 Å². The van der Waals surface area contributed by atoms with Crippen molar-refractivity contribution in [3.05, 3.63) is 48.0 Å². The number of hydrogen-bond donors (Lipinski definition) is 4. The lowest BCUT2D eigenvalue weighted by atomic mass is 9.82. The molecule has 0 aromatic heterocycles. The Kier molecular flexibility index (Phi) is 17.7. The van der Waals surface area contributed by atoms with Gasteiger partial charge < -0.3 is 30.6 Å². The molecule has 1 aliphatic rings. The van der Waals surface area contributed by atoms with Crippen LogP contribution in [0.15, 0.2) is 42.5 Å². The van der Waals surface area contributed by atoms with Crippen molar-refractivity contribution in [3.63, 3.8) is 0 Å². The van der Waals surface area contributed by atoms with Gasteiger partial charge in [-0.1, -0.05) is 68.0 Å². The maximum Gasteiger partial charge on any atom is 0.243 e. The molecule has 9 heteroatoms. The average molecular weight is 639 g/mol. The first-order valence-corrected chi connectivity index (χ1v) is 16.9. The first-order chi connectivity index (χ1) is 21.9. The lowest BCUT2D eigenvalue weighted by Gasteiger charge is -2.33. The van der Waals surface area contributed by atoms with Gasteiger partial charge in [0.1, 0.15) is 6.04 Å². The van der Waals surface area contributed by atoms with Gasteiger partial charge in [0.2, 0.25) is 17.7 Å². The van der Waals surface area contributed by atoms with E-state index in [0.717, 1.165) is 43.2 Å². The topological polar surface area (TPSA) is 122 Å². The molecule has 46 heavy (non-hydrogen) atoms. The predicted octanol–water partition coefficient (Wildman–Crippen LogP) is 3.69. The molecule has 0 saturated heterocycles. The van der Waals surface area contributed by atoms with Gasteiger partial charge in [0.05, 0.1) is 24.2 Å². The largest absolute Gasteiger partial charge is 0.390 e. The van der Waals surface area contributed by atoms with Crippen LogP contribution in [-0.4, -0.2) is 96.3 Å². The number of terminal acetylenes is 1. The average Bonchev–Trinajstić information content (AvgIpc) is 3.02. The standard InChI is InChI=1S/C37H58N4O5/c1-7-15-31(37(46)39-32(25-29-19-12-9-13-20-29)35(44)33(42)21-14-16-27(2)3)38-36(45)30(24-28-17-10-8-11-18-28)26-34(43)41(6)23-22-40(4)5/h1,8,10-11,17-18,29-33,35,42,44H,2,9,12-16,19-26H2,3-6H3,(H,38,45)(H,39,46)/t30?,31-,32-,33-,35+/m0/s1. The van der Waals surface area contributed by atoms with Crippen LogP contribution < -0.4 is 10.6 Å². The number of nitrogens with zero attached hydrogens (tertiary/aromatic N) is 2. The highest BCUT2D eigenvalue weighted by molar-refractivity contribution is 5.91. The molecule has 1 saturated carbocycles. The number of benzene rings is 1. The summed E-state index contributed by atoms with van der Waals surface area (Å²) < 4.78 is 0. The lowest BCUT2D eigenvalue weighted by Crippen LogP contribution is -2.56. The normalized spacial score (nSPS) is 16.8. The second kappa shape index (κ2) is 20.8. The number of rotatable bonds is 20. The number of aliphatic hydroxyl groups is 2. The zero-order valence-electron chi connectivity index (χ0n) is 28.5. The van der Waals surface area contributed by atoms with Gasteiger partial charge in [-0.15, -0.1) is 18.9 Å². The van der Waals surface area contributed by atoms with Crippen molar-refractivity contribution in [2.24, 2.45) is 11.8 Å². The quantitative estimate of drug-likeness (QED) is 0.128. The minimum Gasteiger partial charge on any atom is -0.390 e. The summed E-state index contributed by atoms with van der Waals surface area (Å²) in [5.74, 6) is 1.00. The van der Waals surface area contributed by atoms with Gasteiger partial charge in [0, 0.05) is 33.0 Å². The molecule has 0 spiro atoms. The Morgan fingerprint density at radius 2 is 1.70 bits per heavy atom. The van der Waals surface area contributed by atoms with E-state index in [9.17, 15) is 24.6 Å². The summed E-state index contributed by atoms with van der Waals surface area (Å²) in [7, 11) is 5.59. The number of carbonyl (C=O) groups excluding carboxylic acids is 3. The van der Waals surface area contributed by atoms with E-state index in [2.05, 4.69) is 23.1 Å². The molecule has 1 fully saturated rings. The fraction of sp³-hybridized carbons (Fsp3) is 0.649. The van der Waals surface area contributed by atoms with Crippen LogP contribution in [0.2, 0.25) is 0 Å². The molecule has 0 bridgehead atoms. The van der Waals surface area contributed by atoms with Crippen molar-refractivity contribution in [2.75, 3.05) is 34.2 Å². The van der Waals surface area contributed by atoms with E-state index in [1.807, 2.05) is 56.3 Å². The van der Waals surface area contributed by atoms with Crippen molar-refractivity contribution >= 4 is 17.7 Å². The third-order valence-electron chi connectivity index (χ3n) is 8.93. The molecular weight excluding hydrogens is 580 g/mol. The van der Waals surface area contributed by atoms with Crippen LogP contribution in [0.5, 0.6) is 0 Å². The van der Waals surface area contributed by atoms with Crippen LogP contribution >= 0.6 is 0 Å².